The minimum Gasteiger partial charge on any atom is -0.771 e. The number of ether oxygens (including phenoxy) is 1. The van der Waals surface area contributed by atoms with Crippen LogP contribution in [0.4, 0.5) is 4.39 Å². The Hall–Kier alpha value is -2.95. The van der Waals surface area contributed by atoms with Crippen molar-refractivity contribution in [1.82, 2.24) is 25.1 Å². The van der Waals surface area contributed by atoms with Gasteiger partial charge in [-0.25, -0.2) is 14.4 Å². The van der Waals surface area contributed by atoms with Crippen LogP contribution in [0.25, 0.3) is 21.9 Å². The molecule has 0 amide bonds. The molecule has 4 heterocycles. The summed E-state index contributed by atoms with van der Waals surface area (Å²) in [4.78, 5) is 10.9. The lowest BCUT2D eigenvalue weighted by atomic mass is 9.77. The van der Waals surface area contributed by atoms with Gasteiger partial charge in [0.25, 0.3) is 0 Å². The molecular weight excluding hydrogens is 505 g/mol. The minimum absolute atomic E-state index is 0.0955. The first-order chi connectivity index (χ1) is 18.6. The maximum absolute atomic E-state index is 13.2. The molecule has 3 atom stereocenters. The lowest BCUT2D eigenvalue weighted by Crippen LogP contribution is -2.49. The van der Waals surface area contributed by atoms with Crippen LogP contribution in [0.5, 0.6) is 5.75 Å². The summed E-state index contributed by atoms with van der Waals surface area (Å²) in [7, 11) is 0. The van der Waals surface area contributed by atoms with Crippen LogP contribution in [0.15, 0.2) is 48.9 Å². The number of fused-ring (bicyclic) bond motifs is 3. The smallest absolute Gasteiger partial charge is 0.159 e. The Kier molecular flexibility index (Phi) is 7.36. The second kappa shape index (κ2) is 11.0. The van der Waals surface area contributed by atoms with Gasteiger partial charge in [0.2, 0.25) is 0 Å². The molecule has 6 rings (SSSR count). The van der Waals surface area contributed by atoms with Crippen molar-refractivity contribution in [2.75, 3.05) is 19.7 Å². The van der Waals surface area contributed by atoms with Crippen molar-refractivity contribution < 1.29 is 17.9 Å². The van der Waals surface area contributed by atoms with Gasteiger partial charge < -0.3 is 9.29 Å². The molecule has 1 saturated carbocycles. The van der Waals surface area contributed by atoms with E-state index in [-0.39, 0.29) is 17.7 Å². The monoisotopic (exact) mass is 536 g/mol. The van der Waals surface area contributed by atoms with E-state index in [1.807, 2.05) is 12.3 Å². The number of H-pyrrole nitrogens is 1. The first-order valence-electron chi connectivity index (χ1n) is 13.3. The number of piperidine rings is 1. The lowest BCUT2D eigenvalue weighted by molar-refractivity contribution is 0.0875. The standard InChI is InChI=1S/C28H32FN5O3S/c29-21-7-9-22(10-8-21)37-17-18-2-1-13-34(16-18)28(38(35)36)20-5-3-19(4-6-20)24-14-32-33-25-15-31-27-23(26(24)25)11-12-30-27/h7-12,14-15,18-20,28,33H,1-6,13,16-17H2,(H,35,36)/p-1. The van der Waals surface area contributed by atoms with Gasteiger partial charge in [0.1, 0.15) is 11.6 Å². The van der Waals surface area contributed by atoms with Gasteiger partial charge in [0.15, 0.2) is 5.65 Å². The molecule has 200 valence electrons. The van der Waals surface area contributed by atoms with E-state index in [1.54, 1.807) is 24.5 Å². The number of nitrogens with one attached hydrogen (secondary N) is 1. The molecule has 10 heteroatoms. The van der Waals surface area contributed by atoms with Gasteiger partial charge in [-0.1, -0.05) is 0 Å². The van der Waals surface area contributed by atoms with Crippen molar-refractivity contribution in [1.29, 1.82) is 0 Å². The highest BCUT2D eigenvalue weighted by molar-refractivity contribution is 7.79. The van der Waals surface area contributed by atoms with E-state index in [0.717, 1.165) is 67.0 Å². The second-order valence-corrected chi connectivity index (χ2v) is 11.6. The molecule has 0 spiro atoms. The van der Waals surface area contributed by atoms with Gasteiger partial charge in [0.05, 0.1) is 29.9 Å². The van der Waals surface area contributed by atoms with E-state index in [1.165, 1.54) is 17.7 Å². The molecule has 38 heavy (non-hydrogen) atoms. The number of aromatic amines is 1. The van der Waals surface area contributed by atoms with E-state index in [9.17, 15) is 13.2 Å². The van der Waals surface area contributed by atoms with Crippen LogP contribution < -0.4 is 4.74 Å². The summed E-state index contributed by atoms with van der Waals surface area (Å²) in [6, 6.07) is 8.03. The maximum Gasteiger partial charge on any atom is 0.159 e. The number of pyridine rings is 1. The third-order valence-corrected chi connectivity index (χ3v) is 9.31. The molecule has 1 aliphatic carbocycles. The molecule has 8 nitrogen and oxygen atoms in total. The van der Waals surface area contributed by atoms with Crippen molar-refractivity contribution in [2.24, 2.45) is 11.8 Å². The molecule has 0 bridgehead atoms. The fraction of sp³-hybridized carbons (Fsp3) is 0.464. The number of likely N-dealkylation sites (tertiary alicyclic amines) is 1. The Morgan fingerprint density at radius 3 is 2.71 bits per heavy atom. The van der Waals surface area contributed by atoms with Crippen molar-refractivity contribution in [2.45, 2.75) is 49.8 Å². The molecule has 3 unspecified atom stereocenters. The Bertz CT molecular complexity index is 1420. The molecule has 3 aromatic heterocycles. The molecule has 2 aliphatic rings. The average Bonchev–Trinajstić information content (AvgIpc) is 3.42. The van der Waals surface area contributed by atoms with Crippen LogP contribution in [-0.2, 0) is 11.1 Å². The van der Waals surface area contributed by atoms with Crippen molar-refractivity contribution in [3.8, 4) is 5.75 Å². The van der Waals surface area contributed by atoms with Gasteiger partial charge in [0, 0.05) is 29.4 Å². The molecule has 1 N–H and O–H groups in total. The summed E-state index contributed by atoms with van der Waals surface area (Å²) in [5.74, 6) is 0.994. The van der Waals surface area contributed by atoms with E-state index < -0.39 is 16.5 Å². The number of aromatic nitrogens is 4. The predicted octanol–water partition coefficient (Wildman–Crippen LogP) is 4.92. The zero-order valence-electron chi connectivity index (χ0n) is 21.1. The van der Waals surface area contributed by atoms with Crippen LogP contribution in [0.3, 0.4) is 0 Å². The van der Waals surface area contributed by atoms with Crippen molar-refractivity contribution in [3.05, 3.63) is 60.3 Å². The Morgan fingerprint density at radius 2 is 1.92 bits per heavy atom. The number of benzene rings is 1. The summed E-state index contributed by atoms with van der Waals surface area (Å²) < 4.78 is 44.1. The normalized spacial score (nSPS) is 24.4. The summed E-state index contributed by atoms with van der Waals surface area (Å²) in [5.41, 5.74) is 2.82. The van der Waals surface area contributed by atoms with E-state index in [2.05, 4.69) is 25.1 Å². The molecular formula is C28H31FN5O3S-. The summed E-state index contributed by atoms with van der Waals surface area (Å²) in [6.07, 6.45) is 11.0. The van der Waals surface area contributed by atoms with Gasteiger partial charge in [-0.15, -0.1) is 0 Å². The van der Waals surface area contributed by atoms with Crippen LogP contribution >= 0.6 is 0 Å². The topological polar surface area (TPSA) is 107 Å². The largest absolute Gasteiger partial charge is 0.771 e. The zero-order valence-corrected chi connectivity index (χ0v) is 21.9. The second-order valence-electron chi connectivity index (χ2n) is 10.6. The van der Waals surface area contributed by atoms with E-state index in [0.29, 0.717) is 24.8 Å². The van der Waals surface area contributed by atoms with Crippen LogP contribution in [0, 0.1) is 17.7 Å². The van der Waals surface area contributed by atoms with Crippen molar-refractivity contribution >= 4 is 33.0 Å². The van der Waals surface area contributed by atoms with Crippen LogP contribution in [-0.4, -0.2) is 58.9 Å². The molecule has 4 aromatic rings. The first kappa shape index (κ1) is 25.3. The van der Waals surface area contributed by atoms with Gasteiger partial charge in [-0.2, -0.15) is 5.10 Å². The quantitative estimate of drug-likeness (QED) is 0.334. The minimum atomic E-state index is -2.19. The summed E-state index contributed by atoms with van der Waals surface area (Å²) >= 11 is -2.19. The molecule has 1 aliphatic heterocycles. The van der Waals surface area contributed by atoms with E-state index >= 15 is 0 Å². The highest BCUT2D eigenvalue weighted by Crippen LogP contribution is 2.42. The highest BCUT2D eigenvalue weighted by atomic mass is 32.2. The van der Waals surface area contributed by atoms with Crippen LogP contribution in [0.1, 0.15) is 50.0 Å². The predicted molar refractivity (Wildman–Crippen MR) is 143 cm³/mol. The fourth-order valence-corrected chi connectivity index (χ4v) is 7.42. The summed E-state index contributed by atoms with van der Waals surface area (Å²) in [6.45, 7) is 1.97. The number of nitrogens with zero attached hydrogens (tertiary/aromatic N) is 4. The van der Waals surface area contributed by atoms with Crippen LogP contribution in [0.2, 0.25) is 0 Å². The van der Waals surface area contributed by atoms with Crippen molar-refractivity contribution in [3.63, 3.8) is 0 Å². The maximum atomic E-state index is 13.2. The van der Waals surface area contributed by atoms with Gasteiger partial charge in [-0.3, -0.25) is 14.2 Å². The first-order valence-corrected chi connectivity index (χ1v) is 14.5. The highest BCUT2D eigenvalue weighted by Gasteiger charge is 2.35. The van der Waals surface area contributed by atoms with Gasteiger partial charge >= 0.3 is 0 Å². The Labute approximate surface area is 223 Å². The lowest BCUT2D eigenvalue weighted by Gasteiger charge is -2.44. The third-order valence-electron chi connectivity index (χ3n) is 8.23. The summed E-state index contributed by atoms with van der Waals surface area (Å²) in [5, 5.41) is 9.09. The molecule has 0 radical (unpaired) electrons. The SMILES string of the molecule is O=S([O-])C(C1CCC(c2cn[nH]c3cnc4nccc4c23)CC1)N1CCCC(COc2ccc(F)cc2)C1. The number of halogens is 1. The number of hydrogen-bond donors (Lipinski definition) is 1. The average molecular weight is 537 g/mol. The van der Waals surface area contributed by atoms with E-state index in [4.69, 9.17) is 4.74 Å². The number of hydrogen-bond acceptors (Lipinski definition) is 7. The molecule has 1 aromatic carbocycles. The van der Waals surface area contributed by atoms with Gasteiger partial charge in [-0.05, 0) is 104 Å². The third kappa shape index (κ3) is 5.17. The molecule has 2 fully saturated rings. The Morgan fingerprint density at radius 1 is 1.11 bits per heavy atom. The fourth-order valence-electron chi connectivity index (χ4n) is 6.40. The Balaban J connectivity index is 1.13. The zero-order chi connectivity index (χ0) is 26.1. The molecule has 1 saturated heterocycles. The number of rotatable bonds is 7.